The largest absolute Gasteiger partial charge is 0.297 e. The Balaban J connectivity index is 1.72. The minimum atomic E-state index is -3.57. The van der Waals surface area contributed by atoms with Crippen molar-refractivity contribution in [3.8, 4) is 0 Å². The molecule has 7 heteroatoms. The van der Waals surface area contributed by atoms with Crippen LogP contribution in [0.1, 0.15) is 28.6 Å². The molecule has 1 aromatic carbocycles. The second-order valence-electron chi connectivity index (χ2n) is 6.20. The molecule has 0 radical (unpaired) electrons. The third-order valence-corrected chi connectivity index (χ3v) is 7.14. The van der Waals surface area contributed by atoms with Gasteiger partial charge in [-0.2, -0.15) is 4.31 Å². The van der Waals surface area contributed by atoms with Gasteiger partial charge in [-0.15, -0.1) is 11.3 Å². The molecule has 2 heterocycles. The molecule has 1 fully saturated rings. The molecule has 3 rings (SSSR count). The molecule has 0 atom stereocenters. The third kappa shape index (κ3) is 4.36. The third-order valence-electron chi connectivity index (χ3n) is 4.39. The monoisotopic (exact) mass is 378 g/mol. The molecule has 25 heavy (non-hydrogen) atoms. The number of hydrogen-bond acceptors (Lipinski definition) is 5. The van der Waals surface area contributed by atoms with Gasteiger partial charge in [0.2, 0.25) is 10.0 Å². The van der Waals surface area contributed by atoms with Gasteiger partial charge in [0, 0.05) is 36.6 Å². The van der Waals surface area contributed by atoms with Crippen molar-refractivity contribution in [1.82, 2.24) is 9.21 Å². The van der Waals surface area contributed by atoms with E-state index < -0.39 is 10.0 Å². The van der Waals surface area contributed by atoms with Crippen LogP contribution >= 0.6 is 11.3 Å². The lowest BCUT2D eigenvalue weighted by molar-refractivity contribution is 0.101. The van der Waals surface area contributed by atoms with Gasteiger partial charge in [0.15, 0.2) is 5.78 Å². The summed E-state index contributed by atoms with van der Waals surface area (Å²) in [6, 6.07) is 10.5. The van der Waals surface area contributed by atoms with Crippen LogP contribution in [-0.2, 0) is 16.6 Å². The molecule has 134 valence electrons. The number of ketones is 1. The Morgan fingerprint density at radius 2 is 1.96 bits per heavy atom. The Bertz CT molecular complexity index is 832. The van der Waals surface area contributed by atoms with Crippen molar-refractivity contribution in [3.63, 3.8) is 0 Å². The van der Waals surface area contributed by atoms with Crippen LogP contribution < -0.4 is 0 Å². The first-order valence-electron chi connectivity index (χ1n) is 8.33. The lowest BCUT2D eigenvalue weighted by atomic mass is 10.2. The van der Waals surface area contributed by atoms with E-state index in [1.54, 1.807) is 33.8 Å². The maximum Gasteiger partial charge on any atom is 0.243 e. The van der Waals surface area contributed by atoms with Crippen LogP contribution in [0.15, 0.2) is 46.7 Å². The Kier molecular flexibility index (Phi) is 5.68. The quantitative estimate of drug-likeness (QED) is 0.751. The molecule has 0 spiro atoms. The van der Waals surface area contributed by atoms with Crippen LogP contribution in [0.2, 0.25) is 0 Å². The number of sulfonamides is 1. The summed E-state index contributed by atoms with van der Waals surface area (Å²) in [5.74, 6) is -0.130. The van der Waals surface area contributed by atoms with E-state index in [0.717, 1.165) is 19.5 Å². The van der Waals surface area contributed by atoms with E-state index in [-0.39, 0.29) is 10.7 Å². The molecule has 1 aliphatic rings. The fourth-order valence-electron chi connectivity index (χ4n) is 2.99. The van der Waals surface area contributed by atoms with Gasteiger partial charge in [0.25, 0.3) is 0 Å². The Hall–Kier alpha value is -1.54. The van der Waals surface area contributed by atoms with Gasteiger partial charge in [0.05, 0.1) is 4.90 Å². The molecule has 0 unspecified atom stereocenters. The van der Waals surface area contributed by atoms with E-state index in [2.05, 4.69) is 16.3 Å². The number of Topliss-reactive ketones (excluding diaryl/α,β-unsaturated/α-hetero) is 1. The SMILES string of the molecule is CC(=O)c1cccc(S(=O)(=O)N2CCCN(Cc3cccs3)CC2)c1. The van der Waals surface area contributed by atoms with Crippen LogP contribution in [0.4, 0.5) is 0 Å². The van der Waals surface area contributed by atoms with Crippen molar-refractivity contribution in [2.45, 2.75) is 24.8 Å². The number of thiophene rings is 1. The lowest BCUT2D eigenvalue weighted by Gasteiger charge is -2.21. The van der Waals surface area contributed by atoms with Crippen LogP contribution in [-0.4, -0.2) is 49.6 Å². The fourth-order valence-corrected chi connectivity index (χ4v) is 5.26. The maximum absolute atomic E-state index is 12.9. The summed E-state index contributed by atoms with van der Waals surface area (Å²) < 4.78 is 27.4. The van der Waals surface area contributed by atoms with Crippen LogP contribution in [0.25, 0.3) is 0 Å². The molecule has 1 aliphatic heterocycles. The summed E-state index contributed by atoms with van der Waals surface area (Å²) in [4.78, 5) is 15.3. The fraction of sp³-hybridized carbons (Fsp3) is 0.389. The second-order valence-corrected chi connectivity index (χ2v) is 9.17. The molecule has 1 saturated heterocycles. The van der Waals surface area contributed by atoms with Gasteiger partial charge in [-0.25, -0.2) is 8.42 Å². The van der Waals surface area contributed by atoms with Gasteiger partial charge in [-0.05, 0) is 43.5 Å². The zero-order valence-electron chi connectivity index (χ0n) is 14.2. The molecule has 0 N–H and O–H groups in total. The van der Waals surface area contributed by atoms with Gasteiger partial charge in [0.1, 0.15) is 0 Å². The Morgan fingerprint density at radius 3 is 2.68 bits per heavy atom. The molecule has 1 aromatic heterocycles. The first-order chi connectivity index (χ1) is 12.0. The highest BCUT2D eigenvalue weighted by Crippen LogP contribution is 2.20. The highest BCUT2D eigenvalue weighted by atomic mass is 32.2. The van der Waals surface area contributed by atoms with E-state index >= 15 is 0 Å². The topological polar surface area (TPSA) is 57.7 Å². The van der Waals surface area contributed by atoms with Crippen molar-refractivity contribution >= 4 is 27.1 Å². The summed E-state index contributed by atoms with van der Waals surface area (Å²) in [5, 5.41) is 2.06. The second kappa shape index (κ2) is 7.78. The predicted octanol–water partition coefficient (Wildman–Crippen LogP) is 2.85. The van der Waals surface area contributed by atoms with Crippen LogP contribution in [0.5, 0.6) is 0 Å². The predicted molar refractivity (Wildman–Crippen MR) is 99.4 cm³/mol. The first-order valence-corrected chi connectivity index (χ1v) is 10.6. The van der Waals surface area contributed by atoms with Crippen LogP contribution in [0.3, 0.4) is 0 Å². The molecule has 2 aromatic rings. The van der Waals surface area contributed by atoms with Crippen molar-refractivity contribution in [3.05, 3.63) is 52.2 Å². The van der Waals surface area contributed by atoms with Crippen molar-refractivity contribution in [1.29, 1.82) is 0 Å². The first kappa shape index (κ1) is 18.3. The normalized spacial score (nSPS) is 17.3. The van der Waals surface area contributed by atoms with Gasteiger partial charge in [-0.3, -0.25) is 9.69 Å². The average Bonchev–Trinajstić information content (AvgIpc) is 2.98. The number of carbonyl (C=O) groups is 1. The molecule has 0 aliphatic carbocycles. The smallest absolute Gasteiger partial charge is 0.243 e. The lowest BCUT2D eigenvalue weighted by Crippen LogP contribution is -2.35. The number of rotatable bonds is 5. The zero-order valence-corrected chi connectivity index (χ0v) is 15.9. The van der Waals surface area contributed by atoms with E-state index in [1.807, 2.05) is 6.07 Å². The highest BCUT2D eigenvalue weighted by Gasteiger charge is 2.27. The molecule has 0 bridgehead atoms. The highest BCUT2D eigenvalue weighted by molar-refractivity contribution is 7.89. The number of benzene rings is 1. The Labute approximate surface area is 152 Å². The standard InChI is InChI=1S/C18H22N2O3S2/c1-15(21)16-5-2-7-18(13-16)25(22,23)20-9-4-8-19(10-11-20)14-17-6-3-12-24-17/h2-3,5-7,12-13H,4,8-11,14H2,1H3. The van der Waals surface area contributed by atoms with Crippen molar-refractivity contribution in [2.24, 2.45) is 0 Å². The molecular weight excluding hydrogens is 356 g/mol. The molecule has 0 saturated carbocycles. The summed E-state index contributed by atoms with van der Waals surface area (Å²) in [6.07, 6.45) is 0.803. The van der Waals surface area contributed by atoms with Crippen molar-refractivity contribution in [2.75, 3.05) is 26.2 Å². The Morgan fingerprint density at radius 1 is 1.12 bits per heavy atom. The minimum absolute atomic E-state index is 0.130. The summed E-state index contributed by atoms with van der Waals surface area (Å²) in [6.45, 7) is 4.89. The van der Waals surface area contributed by atoms with E-state index in [4.69, 9.17) is 0 Å². The van der Waals surface area contributed by atoms with Gasteiger partial charge in [-0.1, -0.05) is 18.2 Å². The summed E-state index contributed by atoms with van der Waals surface area (Å²) in [7, 11) is -3.57. The molecular formula is C18H22N2O3S2. The number of nitrogens with zero attached hydrogens (tertiary/aromatic N) is 2. The number of carbonyl (C=O) groups excluding carboxylic acids is 1. The molecule has 0 amide bonds. The van der Waals surface area contributed by atoms with Gasteiger partial charge < -0.3 is 0 Å². The average molecular weight is 379 g/mol. The maximum atomic E-state index is 12.9. The van der Waals surface area contributed by atoms with Crippen LogP contribution in [0, 0.1) is 0 Å². The van der Waals surface area contributed by atoms with E-state index in [1.165, 1.54) is 17.9 Å². The van der Waals surface area contributed by atoms with Crippen molar-refractivity contribution < 1.29 is 13.2 Å². The minimum Gasteiger partial charge on any atom is -0.297 e. The van der Waals surface area contributed by atoms with Gasteiger partial charge >= 0.3 is 0 Å². The van der Waals surface area contributed by atoms with E-state index in [9.17, 15) is 13.2 Å². The summed E-state index contributed by atoms with van der Waals surface area (Å²) >= 11 is 1.73. The van der Waals surface area contributed by atoms with E-state index in [0.29, 0.717) is 25.2 Å². The molecule has 5 nitrogen and oxygen atoms in total. The zero-order chi connectivity index (χ0) is 17.9. The summed E-state index contributed by atoms with van der Waals surface area (Å²) in [5.41, 5.74) is 0.426. The number of hydrogen-bond donors (Lipinski definition) is 0.